The molecule has 0 aliphatic heterocycles. The zero-order valence-corrected chi connectivity index (χ0v) is 10.9. The van der Waals surface area contributed by atoms with Crippen LogP contribution in [0.1, 0.15) is 36.8 Å². The summed E-state index contributed by atoms with van der Waals surface area (Å²) in [5, 5.41) is 9.66. The number of benzene rings is 1. The first-order chi connectivity index (χ1) is 8.58. The molecule has 0 heterocycles. The summed E-state index contributed by atoms with van der Waals surface area (Å²) in [6.07, 6.45) is 4.17. The van der Waals surface area contributed by atoms with Crippen LogP contribution in [-0.4, -0.2) is 17.6 Å². The molecule has 98 valence electrons. The molecule has 1 unspecified atom stereocenters. The summed E-state index contributed by atoms with van der Waals surface area (Å²) in [7, 11) is 0. The summed E-state index contributed by atoms with van der Waals surface area (Å²) < 4.78 is 0. The lowest BCUT2D eigenvalue weighted by molar-refractivity contribution is -0.144. The van der Waals surface area contributed by atoms with E-state index in [0.717, 1.165) is 24.0 Å². The highest BCUT2D eigenvalue weighted by atomic mass is 16.4. The Kier molecular flexibility index (Phi) is 3.71. The van der Waals surface area contributed by atoms with Crippen molar-refractivity contribution in [1.82, 2.24) is 0 Å². The minimum atomic E-state index is -0.906. The van der Waals surface area contributed by atoms with Crippen LogP contribution in [0.3, 0.4) is 0 Å². The van der Waals surface area contributed by atoms with Gasteiger partial charge in [-0.05, 0) is 24.8 Å². The average Bonchev–Trinajstić information content (AvgIpc) is 2.28. The molecule has 3 heteroatoms. The van der Waals surface area contributed by atoms with Gasteiger partial charge in [0.1, 0.15) is 5.41 Å². The van der Waals surface area contributed by atoms with Crippen molar-refractivity contribution in [2.75, 3.05) is 6.54 Å². The van der Waals surface area contributed by atoms with Crippen LogP contribution >= 0.6 is 0 Å². The molecule has 1 aliphatic carbocycles. The van der Waals surface area contributed by atoms with Gasteiger partial charge >= 0.3 is 5.97 Å². The second-order valence-corrected chi connectivity index (χ2v) is 5.46. The number of carboxylic acid groups (broad SMARTS) is 1. The maximum absolute atomic E-state index is 11.8. The zero-order valence-electron chi connectivity index (χ0n) is 10.9. The van der Waals surface area contributed by atoms with E-state index >= 15 is 0 Å². The van der Waals surface area contributed by atoms with Gasteiger partial charge in [-0.3, -0.25) is 4.79 Å². The molecule has 0 saturated heterocycles. The first kappa shape index (κ1) is 13.1. The average molecular weight is 247 g/mol. The summed E-state index contributed by atoms with van der Waals surface area (Å²) in [6.45, 7) is 2.15. The fourth-order valence-corrected chi connectivity index (χ4v) is 2.75. The summed E-state index contributed by atoms with van der Waals surface area (Å²) in [6, 6.07) is 7.75. The lowest BCUT2D eigenvalue weighted by atomic mass is 9.68. The number of aliphatic carboxylic acids is 1. The fourth-order valence-electron chi connectivity index (χ4n) is 2.75. The highest BCUT2D eigenvalue weighted by molar-refractivity contribution is 5.82. The van der Waals surface area contributed by atoms with Crippen molar-refractivity contribution in [3.8, 4) is 0 Å². The van der Waals surface area contributed by atoms with Crippen LogP contribution in [0.25, 0.3) is 0 Å². The van der Waals surface area contributed by atoms with E-state index in [9.17, 15) is 9.90 Å². The Hall–Kier alpha value is -1.35. The first-order valence-corrected chi connectivity index (χ1v) is 6.59. The molecule has 1 saturated carbocycles. The summed E-state index contributed by atoms with van der Waals surface area (Å²) in [5.74, 6) is -0.271. The predicted molar refractivity (Wildman–Crippen MR) is 71.5 cm³/mol. The van der Waals surface area contributed by atoms with Crippen LogP contribution in [0.2, 0.25) is 0 Å². The van der Waals surface area contributed by atoms with Crippen LogP contribution in [0.4, 0.5) is 0 Å². The highest BCUT2D eigenvalue weighted by Crippen LogP contribution is 2.39. The molecule has 18 heavy (non-hydrogen) atoms. The Balaban J connectivity index is 2.36. The van der Waals surface area contributed by atoms with Gasteiger partial charge < -0.3 is 10.8 Å². The summed E-state index contributed by atoms with van der Waals surface area (Å²) >= 11 is 0. The van der Waals surface area contributed by atoms with Crippen molar-refractivity contribution >= 4 is 5.97 Å². The molecule has 0 spiro atoms. The molecular formula is C15H21NO2. The topological polar surface area (TPSA) is 63.3 Å². The SMILES string of the molecule is Cc1cccc(C(CN)(CC2CCC2)C(=O)O)c1. The second kappa shape index (κ2) is 5.11. The maximum Gasteiger partial charge on any atom is 0.315 e. The third kappa shape index (κ3) is 2.27. The van der Waals surface area contributed by atoms with Crippen molar-refractivity contribution in [2.24, 2.45) is 11.7 Å². The van der Waals surface area contributed by atoms with Gasteiger partial charge in [0.15, 0.2) is 0 Å². The highest BCUT2D eigenvalue weighted by Gasteiger charge is 2.42. The summed E-state index contributed by atoms with van der Waals surface area (Å²) in [5.41, 5.74) is 6.87. The smallest absolute Gasteiger partial charge is 0.315 e. The van der Waals surface area contributed by atoms with E-state index in [4.69, 9.17) is 5.73 Å². The minimum absolute atomic E-state index is 0.169. The van der Waals surface area contributed by atoms with Gasteiger partial charge in [0.2, 0.25) is 0 Å². The molecule has 1 aromatic carbocycles. The van der Waals surface area contributed by atoms with Crippen LogP contribution in [0, 0.1) is 12.8 Å². The zero-order chi connectivity index (χ0) is 13.2. The van der Waals surface area contributed by atoms with Gasteiger partial charge in [-0.25, -0.2) is 0 Å². The molecule has 0 amide bonds. The first-order valence-electron chi connectivity index (χ1n) is 6.59. The third-order valence-corrected chi connectivity index (χ3v) is 4.19. The molecular weight excluding hydrogens is 226 g/mol. The fraction of sp³-hybridized carbons (Fsp3) is 0.533. The molecule has 1 fully saturated rings. The predicted octanol–water partition coefficient (Wildman–Crippen LogP) is 2.47. The second-order valence-electron chi connectivity index (χ2n) is 5.46. The Morgan fingerprint density at radius 1 is 1.50 bits per heavy atom. The van der Waals surface area contributed by atoms with Crippen molar-refractivity contribution < 1.29 is 9.90 Å². The maximum atomic E-state index is 11.8. The lowest BCUT2D eigenvalue weighted by Crippen LogP contribution is -2.45. The molecule has 0 radical (unpaired) electrons. The molecule has 0 aromatic heterocycles. The van der Waals surface area contributed by atoms with E-state index in [-0.39, 0.29) is 6.54 Å². The van der Waals surface area contributed by atoms with Gasteiger partial charge in [-0.1, -0.05) is 49.1 Å². The quantitative estimate of drug-likeness (QED) is 0.840. The number of rotatable bonds is 5. The van der Waals surface area contributed by atoms with Gasteiger partial charge in [0, 0.05) is 6.54 Å². The van der Waals surface area contributed by atoms with E-state index in [1.165, 1.54) is 6.42 Å². The molecule has 1 aromatic rings. The molecule has 1 aliphatic rings. The van der Waals surface area contributed by atoms with Crippen molar-refractivity contribution in [3.63, 3.8) is 0 Å². The van der Waals surface area contributed by atoms with Crippen molar-refractivity contribution in [3.05, 3.63) is 35.4 Å². The number of carbonyl (C=O) groups is 1. The standard InChI is InChI=1S/C15H21NO2/c1-11-4-2-7-13(8-11)15(10-16,14(17)18)9-12-5-3-6-12/h2,4,7-8,12H,3,5-6,9-10,16H2,1H3,(H,17,18). The van der Waals surface area contributed by atoms with E-state index in [1.807, 2.05) is 31.2 Å². The monoisotopic (exact) mass is 247 g/mol. The Morgan fingerprint density at radius 2 is 2.22 bits per heavy atom. The number of hydrogen-bond donors (Lipinski definition) is 2. The molecule has 1 atom stereocenters. The third-order valence-electron chi connectivity index (χ3n) is 4.19. The molecule has 0 bridgehead atoms. The Labute approximate surface area is 108 Å². The van der Waals surface area contributed by atoms with E-state index < -0.39 is 11.4 Å². The van der Waals surface area contributed by atoms with Crippen molar-refractivity contribution in [2.45, 2.75) is 38.0 Å². The summed E-state index contributed by atoms with van der Waals surface area (Å²) in [4.78, 5) is 11.8. The van der Waals surface area contributed by atoms with Gasteiger partial charge in [0.25, 0.3) is 0 Å². The van der Waals surface area contributed by atoms with Gasteiger partial charge in [-0.15, -0.1) is 0 Å². The Morgan fingerprint density at radius 3 is 2.67 bits per heavy atom. The largest absolute Gasteiger partial charge is 0.481 e. The molecule has 3 nitrogen and oxygen atoms in total. The molecule has 3 N–H and O–H groups in total. The minimum Gasteiger partial charge on any atom is -0.481 e. The number of nitrogens with two attached hydrogens (primary N) is 1. The normalized spacial score (nSPS) is 19.0. The van der Waals surface area contributed by atoms with E-state index in [0.29, 0.717) is 12.3 Å². The number of carboxylic acids is 1. The lowest BCUT2D eigenvalue weighted by Gasteiger charge is -2.36. The van der Waals surface area contributed by atoms with E-state index in [2.05, 4.69) is 0 Å². The van der Waals surface area contributed by atoms with Gasteiger partial charge in [-0.2, -0.15) is 0 Å². The number of aryl methyl sites for hydroxylation is 1. The van der Waals surface area contributed by atoms with E-state index in [1.54, 1.807) is 0 Å². The van der Waals surface area contributed by atoms with Crippen LogP contribution in [0.15, 0.2) is 24.3 Å². The number of hydrogen-bond acceptors (Lipinski definition) is 2. The van der Waals surface area contributed by atoms with Crippen LogP contribution in [0.5, 0.6) is 0 Å². The van der Waals surface area contributed by atoms with Crippen LogP contribution in [-0.2, 0) is 10.2 Å². The molecule has 2 rings (SSSR count). The Bertz CT molecular complexity index is 440. The van der Waals surface area contributed by atoms with Crippen molar-refractivity contribution in [1.29, 1.82) is 0 Å². The van der Waals surface area contributed by atoms with Gasteiger partial charge in [0.05, 0.1) is 0 Å². The van der Waals surface area contributed by atoms with Crippen LogP contribution < -0.4 is 5.73 Å².